The second kappa shape index (κ2) is 4.18. The topological polar surface area (TPSA) is 68.0 Å². The summed E-state index contributed by atoms with van der Waals surface area (Å²) in [6.45, 7) is 0. The lowest BCUT2D eigenvalue weighted by atomic mass is 10.1. The molecule has 5 heteroatoms. The van der Waals surface area contributed by atoms with Crippen LogP contribution in [0.5, 0.6) is 0 Å². The van der Waals surface area contributed by atoms with Gasteiger partial charge in [-0.3, -0.25) is 4.79 Å². The summed E-state index contributed by atoms with van der Waals surface area (Å²) in [4.78, 5) is 18.2. The summed E-state index contributed by atoms with van der Waals surface area (Å²) in [6, 6.07) is 10.2. The van der Waals surface area contributed by atoms with Crippen molar-refractivity contribution >= 4 is 44.1 Å². The molecule has 4 rings (SSSR count). The van der Waals surface area contributed by atoms with E-state index in [0.717, 1.165) is 34.0 Å². The van der Waals surface area contributed by atoms with Gasteiger partial charge in [-0.05, 0) is 25.0 Å². The summed E-state index contributed by atoms with van der Waals surface area (Å²) in [5, 5.41) is 4.89. The minimum atomic E-state index is -0.0722. The third kappa shape index (κ3) is 1.82. The summed E-state index contributed by atoms with van der Waals surface area (Å²) in [5.41, 5.74) is 7.61. The van der Waals surface area contributed by atoms with Gasteiger partial charge in [0.1, 0.15) is 9.71 Å². The van der Waals surface area contributed by atoms with Crippen molar-refractivity contribution in [1.82, 2.24) is 10.3 Å². The summed E-state index contributed by atoms with van der Waals surface area (Å²) in [6.07, 6.45) is 2.14. The summed E-state index contributed by atoms with van der Waals surface area (Å²) < 4.78 is 0. The zero-order valence-corrected chi connectivity index (χ0v) is 11.5. The Labute approximate surface area is 119 Å². The number of rotatable bonds is 2. The predicted molar refractivity (Wildman–Crippen MR) is 82.0 cm³/mol. The van der Waals surface area contributed by atoms with Gasteiger partial charge in [0.2, 0.25) is 0 Å². The van der Waals surface area contributed by atoms with Crippen LogP contribution in [0.4, 0.5) is 5.69 Å². The van der Waals surface area contributed by atoms with Crippen LogP contribution in [0.2, 0.25) is 0 Å². The van der Waals surface area contributed by atoms with Crippen molar-refractivity contribution < 1.29 is 4.79 Å². The van der Waals surface area contributed by atoms with E-state index in [0.29, 0.717) is 16.6 Å². The van der Waals surface area contributed by atoms with Crippen LogP contribution in [0, 0.1) is 0 Å². The number of carbonyl (C=O) groups is 1. The molecule has 2 aromatic heterocycles. The molecule has 0 aliphatic heterocycles. The molecule has 1 aromatic carbocycles. The number of amides is 1. The number of nitrogens with one attached hydrogen (secondary N) is 1. The van der Waals surface area contributed by atoms with E-state index >= 15 is 0 Å². The number of aromatic nitrogens is 1. The van der Waals surface area contributed by atoms with Crippen molar-refractivity contribution in [3.63, 3.8) is 0 Å². The van der Waals surface area contributed by atoms with Crippen LogP contribution in [0.3, 0.4) is 0 Å². The number of fused-ring (bicyclic) bond motifs is 2. The van der Waals surface area contributed by atoms with Gasteiger partial charge in [-0.2, -0.15) is 0 Å². The molecular weight excluding hydrogens is 270 g/mol. The van der Waals surface area contributed by atoms with Gasteiger partial charge >= 0.3 is 0 Å². The third-order valence-electron chi connectivity index (χ3n) is 3.54. The first kappa shape index (κ1) is 11.7. The van der Waals surface area contributed by atoms with E-state index in [2.05, 4.69) is 10.3 Å². The Morgan fingerprint density at radius 3 is 2.95 bits per heavy atom. The minimum absolute atomic E-state index is 0.0722. The first-order valence-corrected chi connectivity index (χ1v) is 7.42. The van der Waals surface area contributed by atoms with Crippen molar-refractivity contribution in [1.29, 1.82) is 0 Å². The molecule has 0 atom stereocenters. The fraction of sp³-hybridized carbons (Fsp3) is 0.200. The Bertz CT molecular complexity index is 836. The lowest BCUT2D eigenvalue weighted by Gasteiger charge is -2.01. The van der Waals surface area contributed by atoms with Crippen LogP contribution in [0.1, 0.15) is 22.5 Å². The van der Waals surface area contributed by atoms with Gasteiger partial charge < -0.3 is 11.1 Å². The van der Waals surface area contributed by atoms with Gasteiger partial charge in [-0.25, -0.2) is 4.98 Å². The average molecular weight is 283 g/mol. The maximum atomic E-state index is 12.2. The number of para-hydroxylation sites is 1. The van der Waals surface area contributed by atoms with Gasteiger partial charge in [0, 0.05) is 16.8 Å². The van der Waals surface area contributed by atoms with E-state index in [1.807, 2.05) is 30.3 Å². The molecule has 0 radical (unpaired) electrons. The van der Waals surface area contributed by atoms with Gasteiger partial charge in [0.25, 0.3) is 5.91 Å². The number of carbonyl (C=O) groups excluding carboxylic acids is 1. The molecular formula is C15H13N3OS. The monoisotopic (exact) mass is 283 g/mol. The number of thiophene rings is 1. The van der Waals surface area contributed by atoms with Gasteiger partial charge in [0.05, 0.1) is 11.2 Å². The van der Waals surface area contributed by atoms with E-state index in [-0.39, 0.29) is 5.91 Å². The minimum Gasteiger partial charge on any atom is -0.397 e. The standard InChI is InChI=1S/C15H13N3OS/c16-12-10-7-8-3-1-2-4-11(8)18-15(10)20-13(12)14(19)17-9-5-6-9/h1-4,7,9H,5-6,16H2,(H,17,19). The molecule has 4 nitrogen and oxygen atoms in total. The number of nitrogens with two attached hydrogens (primary N) is 1. The number of pyridine rings is 1. The molecule has 1 aliphatic rings. The Morgan fingerprint density at radius 1 is 1.35 bits per heavy atom. The largest absolute Gasteiger partial charge is 0.397 e. The van der Waals surface area contributed by atoms with Gasteiger partial charge in [-0.15, -0.1) is 11.3 Å². The van der Waals surface area contributed by atoms with Crippen molar-refractivity contribution in [2.45, 2.75) is 18.9 Å². The third-order valence-corrected chi connectivity index (χ3v) is 4.66. The second-order valence-electron chi connectivity index (χ2n) is 5.13. The predicted octanol–water partition coefficient (Wildman–Crippen LogP) is 2.92. The maximum absolute atomic E-state index is 12.2. The lowest BCUT2D eigenvalue weighted by Crippen LogP contribution is -2.25. The highest BCUT2D eigenvalue weighted by molar-refractivity contribution is 7.21. The Kier molecular flexibility index (Phi) is 2.44. The van der Waals surface area contributed by atoms with E-state index in [9.17, 15) is 4.79 Å². The van der Waals surface area contributed by atoms with Crippen LogP contribution >= 0.6 is 11.3 Å². The van der Waals surface area contributed by atoms with E-state index in [1.54, 1.807) is 0 Å². The summed E-state index contributed by atoms with van der Waals surface area (Å²) >= 11 is 1.37. The van der Waals surface area contributed by atoms with E-state index < -0.39 is 0 Å². The number of hydrogen-bond acceptors (Lipinski definition) is 4. The first-order chi connectivity index (χ1) is 9.72. The smallest absolute Gasteiger partial charge is 0.263 e. The number of benzene rings is 1. The lowest BCUT2D eigenvalue weighted by molar-refractivity contribution is 0.0956. The molecule has 100 valence electrons. The molecule has 0 unspecified atom stereocenters. The SMILES string of the molecule is Nc1c(C(=O)NC2CC2)sc2nc3ccccc3cc12. The quantitative estimate of drug-likeness (QED) is 0.760. The van der Waals surface area contributed by atoms with Gasteiger partial charge in [-0.1, -0.05) is 18.2 Å². The average Bonchev–Trinajstić information content (AvgIpc) is 3.21. The normalized spacial score (nSPS) is 14.8. The zero-order valence-electron chi connectivity index (χ0n) is 10.7. The molecule has 0 saturated heterocycles. The molecule has 3 N–H and O–H groups in total. The number of hydrogen-bond donors (Lipinski definition) is 2. The first-order valence-electron chi connectivity index (χ1n) is 6.61. The fourth-order valence-corrected chi connectivity index (χ4v) is 3.28. The molecule has 20 heavy (non-hydrogen) atoms. The molecule has 1 fully saturated rings. The highest BCUT2D eigenvalue weighted by Gasteiger charge is 2.26. The Morgan fingerprint density at radius 2 is 2.15 bits per heavy atom. The number of anilines is 1. The highest BCUT2D eigenvalue weighted by Crippen LogP contribution is 2.35. The molecule has 2 heterocycles. The molecule has 1 aliphatic carbocycles. The van der Waals surface area contributed by atoms with Crippen LogP contribution in [-0.2, 0) is 0 Å². The summed E-state index contributed by atoms with van der Waals surface area (Å²) in [7, 11) is 0. The van der Waals surface area contributed by atoms with Gasteiger partial charge in [0.15, 0.2) is 0 Å². The molecule has 3 aromatic rings. The molecule has 0 bridgehead atoms. The maximum Gasteiger partial charge on any atom is 0.263 e. The van der Waals surface area contributed by atoms with Crippen LogP contribution in [-0.4, -0.2) is 16.9 Å². The zero-order chi connectivity index (χ0) is 13.7. The highest BCUT2D eigenvalue weighted by atomic mass is 32.1. The Hall–Kier alpha value is -2.14. The van der Waals surface area contributed by atoms with E-state index in [1.165, 1.54) is 11.3 Å². The van der Waals surface area contributed by atoms with Crippen LogP contribution in [0.25, 0.3) is 21.1 Å². The molecule has 0 spiro atoms. The van der Waals surface area contributed by atoms with Crippen LogP contribution < -0.4 is 11.1 Å². The Balaban J connectivity index is 1.87. The molecule has 1 saturated carbocycles. The number of nitrogen functional groups attached to an aromatic ring is 1. The van der Waals surface area contributed by atoms with E-state index in [4.69, 9.17) is 5.73 Å². The van der Waals surface area contributed by atoms with Crippen molar-refractivity contribution in [2.75, 3.05) is 5.73 Å². The van der Waals surface area contributed by atoms with Crippen molar-refractivity contribution in [3.05, 3.63) is 35.2 Å². The van der Waals surface area contributed by atoms with Crippen molar-refractivity contribution in [2.24, 2.45) is 0 Å². The number of nitrogens with zero attached hydrogens (tertiary/aromatic N) is 1. The van der Waals surface area contributed by atoms with Crippen LogP contribution in [0.15, 0.2) is 30.3 Å². The molecule has 1 amide bonds. The summed E-state index contributed by atoms with van der Waals surface area (Å²) in [5.74, 6) is -0.0722. The van der Waals surface area contributed by atoms with Crippen molar-refractivity contribution in [3.8, 4) is 0 Å². The fourth-order valence-electron chi connectivity index (χ4n) is 2.29. The second-order valence-corrected chi connectivity index (χ2v) is 6.13.